The van der Waals surface area contributed by atoms with Gasteiger partial charge in [0.25, 0.3) is 0 Å². The minimum atomic E-state index is 0.651. The molecule has 0 aliphatic heterocycles. The Balaban J connectivity index is 0. The lowest BCUT2D eigenvalue weighted by molar-refractivity contribution is 0.223. The molecule has 1 heterocycles. The minimum absolute atomic E-state index is 0.651. The summed E-state index contributed by atoms with van der Waals surface area (Å²) in [6.07, 6.45) is 4.21. The summed E-state index contributed by atoms with van der Waals surface area (Å²) in [5.41, 5.74) is 10.1. The molecule has 0 spiro atoms. The number of benzene rings is 1. The van der Waals surface area contributed by atoms with Gasteiger partial charge in [0.05, 0.1) is 0 Å². The normalized spacial score (nSPS) is 10.3. The third kappa shape index (κ3) is 14.3. The lowest BCUT2D eigenvalue weighted by Crippen LogP contribution is -2.28. The van der Waals surface area contributed by atoms with Gasteiger partial charge in [0.2, 0.25) is 0 Å². The number of ether oxygens (including phenoxy) is 1. The Labute approximate surface area is 242 Å². The van der Waals surface area contributed by atoms with Crippen molar-refractivity contribution in [2.24, 2.45) is 0 Å². The molecule has 224 valence electrons. The van der Waals surface area contributed by atoms with Crippen molar-refractivity contribution in [3.05, 3.63) is 42.0 Å². The fraction of sp³-hybridized carbons (Fsp3) is 0.606. The largest absolute Gasteiger partial charge is 0.492 e. The van der Waals surface area contributed by atoms with E-state index in [0.717, 1.165) is 85.5 Å². The highest BCUT2D eigenvalue weighted by Gasteiger charge is 2.12. The molecule has 6 heteroatoms. The van der Waals surface area contributed by atoms with Gasteiger partial charge in [0, 0.05) is 48.7 Å². The predicted octanol–water partition coefficient (Wildman–Crippen LogP) is 9.26. The van der Waals surface area contributed by atoms with Gasteiger partial charge in [-0.2, -0.15) is 0 Å². The van der Waals surface area contributed by atoms with Gasteiger partial charge in [-0.25, -0.2) is 4.98 Å². The number of hydrogen-bond donors (Lipinski definition) is 2. The number of nitrogens with one attached hydrogen (secondary N) is 1. The molecule has 0 saturated heterocycles. The van der Waals surface area contributed by atoms with E-state index in [1.165, 1.54) is 0 Å². The van der Waals surface area contributed by atoms with Crippen molar-refractivity contribution in [1.29, 1.82) is 0 Å². The highest BCUT2D eigenvalue weighted by Crippen LogP contribution is 2.29. The maximum Gasteiger partial charge on any atom is 0.136 e. The Hall–Kier alpha value is -2.73. The Morgan fingerprint density at radius 3 is 2.00 bits per heavy atom. The van der Waals surface area contributed by atoms with Gasteiger partial charge >= 0.3 is 0 Å². The van der Waals surface area contributed by atoms with Gasteiger partial charge in [-0.15, -0.1) is 0 Å². The van der Waals surface area contributed by atoms with Crippen molar-refractivity contribution in [2.75, 3.05) is 55.3 Å². The number of hydrogen-bond acceptors (Lipinski definition) is 6. The van der Waals surface area contributed by atoms with E-state index in [1.54, 1.807) is 0 Å². The van der Waals surface area contributed by atoms with Crippen molar-refractivity contribution in [3.63, 3.8) is 0 Å². The van der Waals surface area contributed by atoms with Crippen LogP contribution in [0.15, 0.2) is 36.4 Å². The van der Waals surface area contributed by atoms with E-state index in [0.29, 0.717) is 6.61 Å². The van der Waals surface area contributed by atoms with E-state index in [1.807, 2.05) is 66.7 Å². The van der Waals surface area contributed by atoms with E-state index < -0.39 is 0 Å². The van der Waals surface area contributed by atoms with Crippen LogP contribution in [0, 0.1) is 0 Å². The highest BCUT2D eigenvalue weighted by atomic mass is 16.5. The lowest BCUT2D eigenvalue weighted by atomic mass is 10.0. The third-order valence-corrected chi connectivity index (χ3v) is 5.85. The molecule has 0 fully saturated rings. The average Bonchev–Trinajstić information content (AvgIpc) is 2.99. The Morgan fingerprint density at radius 2 is 1.49 bits per heavy atom. The van der Waals surface area contributed by atoms with Gasteiger partial charge in [0.1, 0.15) is 24.0 Å². The molecule has 0 aliphatic rings. The number of aromatic nitrogens is 1. The van der Waals surface area contributed by atoms with Crippen LogP contribution in [-0.4, -0.2) is 49.2 Å². The summed E-state index contributed by atoms with van der Waals surface area (Å²) in [5.74, 6) is 2.56. The van der Waals surface area contributed by atoms with Crippen molar-refractivity contribution in [2.45, 2.75) is 95.9 Å². The summed E-state index contributed by atoms with van der Waals surface area (Å²) >= 11 is 0. The van der Waals surface area contributed by atoms with Crippen LogP contribution in [0.25, 0.3) is 5.57 Å². The molecular formula is C33H61N5O. The van der Waals surface area contributed by atoms with Crippen LogP contribution in [0.2, 0.25) is 0 Å². The molecule has 39 heavy (non-hydrogen) atoms. The smallest absolute Gasteiger partial charge is 0.136 e. The second-order valence-corrected chi connectivity index (χ2v) is 8.31. The van der Waals surface area contributed by atoms with Gasteiger partial charge in [-0.05, 0) is 63.6 Å². The molecule has 2 rings (SSSR count). The maximum absolute atomic E-state index is 6.20. The Bertz CT molecular complexity index is 888. The van der Waals surface area contributed by atoms with Crippen molar-refractivity contribution in [1.82, 2.24) is 9.88 Å². The topological polar surface area (TPSA) is 66.7 Å². The molecule has 0 unspecified atom stereocenters. The second-order valence-electron chi connectivity index (χ2n) is 8.31. The Kier molecular flexibility index (Phi) is 24.0. The SMILES string of the molecule is C/C=C(\C)c1cc(Nc2cc(OCCN(CC)CC)cc(N(CCC)CCC)n2)ccc1N.CC.CC.CC. The van der Waals surface area contributed by atoms with Crippen LogP contribution in [0.5, 0.6) is 5.75 Å². The number of allylic oxidation sites excluding steroid dienone is 2. The zero-order chi connectivity index (χ0) is 30.2. The summed E-state index contributed by atoms with van der Waals surface area (Å²) in [7, 11) is 0. The van der Waals surface area contributed by atoms with E-state index in [4.69, 9.17) is 15.5 Å². The number of nitrogens with two attached hydrogens (primary N) is 1. The lowest BCUT2D eigenvalue weighted by Gasteiger charge is -2.24. The fourth-order valence-corrected chi connectivity index (χ4v) is 3.79. The van der Waals surface area contributed by atoms with Crippen molar-refractivity contribution < 1.29 is 4.74 Å². The van der Waals surface area contributed by atoms with E-state index in [2.05, 4.69) is 67.9 Å². The molecule has 0 amide bonds. The van der Waals surface area contributed by atoms with Gasteiger partial charge in [-0.1, -0.05) is 75.3 Å². The number of nitrogens with zero attached hydrogens (tertiary/aromatic N) is 3. The number of nitrogen functional groups attached to an aromatic ring is 1. The molecular weight excluding hydrogens is 482 g/mol. The molecule has 2 aromatic rings. The molecule has 0 aliphatic carbocycles. The standard InChI is InChI=1S/C27H43N5O.3C2H6/c1-7-14-32(15-8-2)27-20-23(33-17-16-31(10-4)11-5)19-26(30-27)29-22-12-13-25(28)24(18-22)21(6)9-3;3*1-2/h9,12-13,18-20H,7-8,10-11,14-17,28H2,1-6H3,(H,29,30);3*1-2H3/b21-9+;;;. The van der Waals surface area contributed by atoms with Gasteiger partial charge < -0.3 is 25.6 Å². The first kappa shape index (κ1) is 38.4. The van der Waals surface area contributed by atoms with E-state index >= 15 is 0 Å². The number of pyridine rings is 1. The fourth-order valence-electron chi connectivity index (χ4n) is 3.79. The van der Waals surface area contributed by atoms with E-state index in [-0.39, 0.29) is 0 Å². The number of anilines is 4. The molecule has 0 bridgehead atoms. The van der Waals surface area contributed by atoms with E-state index in [9.17, 15) is 0 Å². The van der Waals surface area contributed by atoms with Crippen LogP contribution in [0.1, 0.15) is 101 Å². The molecule has 3 N–H and O–H groups in total. The number of likely N-dealkylation sites (N-methyl/N-ethyl adjacent to an activating group) is 1. The first-order chi connectivity index (χ1) is 18.9. The maximum atomic E-state index is 6.20. The molecule has 0 saturated carbocycles. The summed E-state index contributed by atoms with van der Waals surface area (Å²) in [6, 6.07) is 10.1. The molecule has 1 aromatic heterocycles. The van der Waals surface area contributed by atoms with Crippen LogP contribution in [0.4, 0.5) is 23.0 Å². The zero-order valence-electron chi connectivity index (χ0n) is 27.4. The van der Waals surface area contributed by atoms with Crippen LogP contribution in [-0.2, 0) is 0 Å². The first-order valence-electron chi connectivity index (χ1n) is 15.4. The third-order valence-electron chi connectivity index (χ3n) is 5.85. The molecule has 0 radical (unpaired) electrons. The van der Waals surface area contributed by atoms with Gasteiger partial charge in [-0.3, -0.25) is 0 Å². The average molecular weight is 544 g/mol. The van der Waals surface area contributed by atoms with Crippen LogP contribution >= 0.6 is 0 Å². The predicted molar refractivity (Wildman–Crippen MR) is 178 cm³/mol. The summed E-state index contributed by atoms with van der Waals surface area (Å²) in [4.78, 5) is 9.63. The summed E-state index contributed by atoms with van der Waals surface area (Å²) in [6.45, 7) is 30.4. The molecule has 6 nitrogen and oxygen atoms in total. The quantitative estimate of drug-likeness (QED) is 0.231. The summed E-state index contributed by atoms with van der Waals surface area (Å²) < 4.78 is 6.19. The van der Waals surface area contributed by atoms with Crippen molar-refractivity contribution in [3.8, 4) is 5.75 Å². The van der Waals surface area contributed by atoms with Crippen LogP contribution in [0.3, 0.4) is 0 Å². The highest BCUT2D eigenvalue weighted by molar-refractivity contribution is 5.78. The molecule has 1 aromatic carbocycles. The second kappa shape index (κ2) is 24.3. The summed E-state index contributed by atoms with van der Waals surface area (Å²) in [5, 5.41) is 3.48. The van der Waals surface area contributed by atoms with Gasteiger partial charge in [0.15, 0.2) is 0 Å². The van der Waals surface area contributed by atoms with Crippen molar-refractivity contribution >= 4 is 28.6 Å². The number of rotatable bonds is 14. The zero-order valence-corrected chi connectivity index (χ0v) is 27.4. The monoisotopic (exact) mass is 543 g/mol. The van der Waals surface area contributed by atoms with Crippen LogP contribution < -0.4 is 20.7 Å². The molecule has 0 atom stereocenters. The minimum Gasteiger partial charge on any atom is -0.492 e. The Morgan fingerprint density at radius 1 is 0.897 bits per heavy atom. The first-order valence-corrected chi connectivity index (χ1v) is 15.4.